The standard InChI is InChI=1S/C15H9F3O3S/c16-15(17,18)22(19,20)21-13-7-3-5-11-9-8-10-4-1-2-6-12(10)14(11)13/h1-9H. The highest BCUT2D eigenvalue weighted by atomic mass is 32.2. The van der Waals surface area contributed by atoms with Crippen molar-refractivity contribution >= 4 is 31.7 Å². The van der Waals surface area contributed by atoms with Gasteiger partial charge in [0.25, 0.3) is 0 Å². The average molecular weight is 326 g/mol. The van der Waals surface area contributed by atoms with Gasteiger partial charge in [-0.2, -0.15) is 21.6 Å². The fourth-order valence-electron chi connectivity index (χ4n) is 2.26. The Labute approximate surface area is 124 Å². The Bertz CT molecular complexity index is 963. The quantitative estimate of drug-likeness (QED) is 0.402. The molecule has 7 heteroatoms. The molecule has 0 unspecified atom stereocenters. The first kappa shape index (κ1) is 14.6. The van der Waals surface area contributed by atoms with Crippen LogP contribution >= 0.6 is 0 Å². The summed E-state index contributed by atoms with van der Waals surface area (Å²) in [7, 11) is -5.71. The van der Waals surface area contributed by atoms with Gasteiger partial charge < -0.3 is 4.18 Å². The summed E-state index contributed by atoms with van der Waals surface area (Å²) in [6, 6.07) is 14.8. The van der Waals surface area contributed by atoms with Gasteiger partial charge in [-0.05, 0) is 22.2 Å². The monoisotopic (exact) mass is 326 g/mol. The molecule has 0 heterocycles. The van der Waals surface area contributed by atoms with Gasteiger partial charge in [0.2, 0.25) is 0 Å². The first-order chi connectivity index (χ1) is 10.3. The molecular weight excluding hydrogens is 317 g/mol. The zero-order chi connectivity index (χ0) is 16.0. The lowest BCUT2D eigenvalue weighted by atomic mass is 10.0. The summed E-state index contributed by atoms with van der Waals surface area (Å²) in [6.45, 7) is 0. The predicted molar refractivity (Wildman–Crippen MR) is 77.1 cm³/mol. The molecule has 0 fully saturated rings. The van der Waals surface area contributed by atoms with Gasteiger partial charge in [0.15, 0.2) is 5.75 Å². The van der Waals surface area contributed by atoms with Gasteiger partial charge in [0.05, 0.1) is 0 Å². The highest BCUT2D eigenvalue weighted by Gasteiger charge is 2.48. The number of fused-ring (bicyclic) bond motifs is 3. The molecule has 3 aromatic carbocycles. The van der Waals surface area contributed by atoms with Crippen LogP contribution in [0.2, 0.25) is 0 Å². The van der Waals surface area contributed by atoms with Crippen LogP contribution in [0.15, 0.2) is 54.6 Å². The molecule has 3 nitrogen and oxygen atoms in total. The lowest BCUT2D eigenvalue weighted by Gasteiger charge is -2.12. The lowest BCUT2D eigenvalue weighted by Crippen LogP contribution is -2.28. The molecule has 0 saturated heterocycles. The highest BCUT2D eigenvalue weighted by Crippen LogP contribution is 2.35. The maximum atomic E-state index is 12.5. The van der Waals surface area contributed by atoms with Crippen molar-refractivity contribution in [3.8, 4) is 5.75 Å². The van der Waals surface area contributed by atoms with Crippen molar-refractivity contribution in [2.45, 2.75) is 5.51 Å². The van der Waals surface area contributed by atoms with Crippen LogP contribution in [0.5, 0.6) is 5.75 Å². The van der Waals surface area contributed by atoms with Crippen LogP contribution in [0.25, 0.3) is 21.5 Å². The SMILES string of the molecule is O=S(=O)(Oc1cccc2ccc3ccccc3c12)C(F)(F)F. The van der Waals surface area contributed by atoms with Crippen molar-refractivity contribution in [2.75, 3.05) is 0 Å². The Morgan fingerprint density at radius 2 is 1.45 bits per heavy atom. The van der Waals surface area contributed by atoms with Crippen molar-refractivity contribution in [2.24, 2.45) is 0 Å². The molecule has 0 atom stereocenters. The first-order valence-electron chi connectivity index (χ1n) is 6.21. The van der Waals surface area contributed by atoms with Crippen LogP contribution in [0, 0.1) is 0 Å². The van der Waals surface area contributed by atoms with Crippen LogP contribution in [-0.2, 0) is 10.1 Å². The Balaban J connectivity index is 2.29. The van der Waals surface area contributed by atoms with Gasteiger partial charge in [0, 0.05) is 5.39 Å². The predicted octanol–water partition coefficient (Wildman–Crippen LogP) is 4.22. The lowest BCUT2D eigenvalue weighted by molar-refractivity contribution is -0.0499. The van der Waals surface area contributed by atoms with Crippen LogP contribution < -0.4 is 4.18 Å². The van der Waals surface area contributed by atoms with Crippen molar-refractivity contribution in [3.05, 3.63) is 54.6 Å². The molecule has 22 heavy (non-hydrogen) atoms. The Morgan fingerprint density at radius 1 is 0.818 bits per heavy atom. The Hall–Kier alpha value is -2.28. The zero-order valence-electron chi connectivity index (χ0n) is 11.0. The van der Waals surface area contributed by atoms with Crippen LogP contribution in [0.4, 0.5) is 13.2 Å². The van der Waals surface area contributed by atoms with Gasteiger partial charge >= 0.3 is 15.6 Å². The minimum Gasteiger partial charge on any atom is -0.375 e. The highest BCUT2D eigenvalue weighted by molar-refractivity contribution is 7.88. The number of hydrogen-bond donors (Lipinski definition) is 0. The average Bonchev–Trinajstić information content (AvgIpc) is 2.45. The maximum Gasteiger partial charge on any atom is 0.534 e. The van der Waals surface area contributed by atoms with E-state index in [0.29, 0.717) is 16.2 Å². The maximum absolute atomic E-state index is 12.5. The number of halogens is 3. The van der Waals surface area contributed by atoms with Crippen LogP contribution in [-0.4, -0.2) is 13.9 Å². The summed E-state index contributed by atoms with van der Waals surface area (Å²) < 4.78 is 64.4. The molecule has 3 aromatic rings. The topological polar surface area (TPSA) is 43.4 Å². The third-order valence-electron chi connectivity index (χ3n) is 3.21. The smallest absolute Gasteiger partial charge is 0.375 e. The van der Waals surface area contributed by atoms with Crippen LogP contribution in [0.3, 0.4) is 0 Å². The minimum atomic E-state index is -5.71. The van der Waals surface area contributed by atoms with E-state index < -0.39 is 15.6 Å². The summed E-state index contributed by atoms with van der Waals surface area (Å²) >= 11 is 0. The van der Waals surface area contributed by atoms with E-state index in [0.717, 1.165) is 5.39 Å². The van der Waals surface area contributed by atoms with Gasteiger partial charge in [-0.3, -0.25) is 0 Å². The number of rotatable bonds is 2. The van der Waals surface area contributed by atoms with Gasteiger partial charge in [-0.25, -0.2) is 0 Å². The number of alkyl halides is 3. The summed E-state index contributed by atoms with van der Waals surface area (Å²) in [4.78, 5) is 0. The summed E-state index contributed by atoms with van der Waals surface area (Å²) in [6.07, 6.45) is 0. The van der Waals surface area contributed by atoms with E-state index in [1.54, 1.807) is 42.5 Å². The Morgan fingerprint density at radius 3 is 2.18 bits per heavy atom. The molecule has 114 valence electrons. The second kappa shape index (κ2) is 4.88. The van der Waals surface area contributed by atoms with Crippen molar-refractivity contribution in [1.29, 1.82) is 0 Å². The molecule has 0 aliphatic heterocycles. The summed E-state index contributed by atoms with van der Waals surface area (Å²) in [5, 5.41) is 2.31. The molecule has 0 radical (unpaired) electrons. The molecule has 0 aromatic heterocycles. The molecule has 0 spiro atoms. The summed E-state index contributed by atoms with van der Waals surface area (Å²) in [5.41, 5.74) is -5.47. The molecule has 0 amide bonds. The number of benzene rings is 3. The van der Waals surface area contributed by atoms with Crippen molar-refractivity contribution < 1.29 is 25.8 Å². The van der Waals surface area contributed by atoms with Gasteiger partial charge in [0.1, 0.15) is 0 Å². The van der Waals surface area contributed by atoms with E-state index in [9.17, 15) is 21.6 Å². The largest absolute Gasteiger partial charge is 0.534 e. The fraction of sp³-hybridized carbons (Fsp3) is 0.0667. The molecule has 0 N–H and O–H groups in total. The third kappa shape index (κ3) is 2.37. The molecule has 0 aliphatic carbocycles. The first-order valence-corrected chi connectivity index (χ1v) is 7.62. The fourth-order valence-corrected chi connectivity index (χ4v) is 2.73. The molecule has 0 bridgehead atoms. The van der Waals surface area contributed by atoms with Crippen molar-refractivity contribution in [3.63, 3.8) is 0 Å². The van der Waals surface area contributed by atoms with E-state index in [4.69, 9.17) is 0 Å². The zero-order valence-corrected chi connectivity index (χ0v) is 11.8. The minimum absolute atomic E-state index is 0.327. The Kier molecular flexibility index (Phi) is 3.25. The second-order valence-electron chi connectivity index (χ2n) is 4.62. The molecule has 0 aliphatic rings. The number of hydrogen-bond acceptors (Lipinski definition) is 3. The van der Waals surface area contributed by atoms with E-state index in [-0.39, 0.29) is 5.75 Å². The van der Waals surface area contributed by atoms with E-state index in [1.807, 2.05) is 0 Å². The summed E-state index contributed by atoms with van der Waals surface area (Å²) in [5.74, 6) is -0.341. The van der Waals surface area contributed by atoms with Crippen LogP contribution in [0.1, 0.15) is 0 Å². The van der Waals surface area contributed by atoms with Gasteiger partial charge in [-0.15, -0.1) is 0 Å². The van der Waals surface area contributed by atoms with E-state index in [2.05, 4.69) is 4.18 Å². The molecular formula is C15H9F3O3S. The third-order valence-corrected chi connectivity index (χ3v) is 4.18. The second-order valence-corrected chi connectivity index (χ2v) is 6.16. The normalized spacial score (nSPS) is 12.7. The van der Waals surface area contributed by atoms with E-state index >= 15 is 0 Å². The van der Waals surface area contributed by atoms with E-state index in [1.165, 1.54) is 12.1 Å². The molecule has 3 rings (SSSR count). The van der Waals surface area contributed by atoms with Crippen molar-refractivity contribution in [1.82, 2.24) is 0 Å². The van der Waals surface area contributed by atoms with Gasteiger partial charge in [-0.1, -0.05) is 48.5 Å². The molecule has 0 saturated carbocycles.